The van der Waals surface area contributed by atoms with Gasteiger partial charge < -0.3 is 4.90 Å². The van der Waals surface area contributed by atoms with E-state index in [-0.39, 0.29) is 18.1 Å². The fourth-order valence-electron chi connectivity index (χ4n) is 3.00. The average Bonchev–Trinajstić information content (AvgIpc) is 2.86. The predicted octanol–water partition coefficient (Wildman–Crippen LogP) is 2.39. The van der Waals surface area contributed by atoms with Gasteiger partial charge in [0, 0.05) is 17.6 Å². The average molecular weight is 355 g/mol. The normalized spacial score (nSPS) is 13.4. The smallest absolute Gasteiger partial charge is 0.313 e. The van der Waals surface area contributed by atoms with Crippen molar-refractivity contribution in [2.24, 2.45) is 0 Å². The van der Waals surface area contributed by atoms with Gasteiger partial charge in [0.05, 0.1) is 12.2 Å². The van der Waals surface area contributed by atoms with Crippen LogP contribution < -0.4 is 10.6 Å². The number of anilines is 1. The monoisotopic (exact) mass is 354 g/mol. The Morgan fingerprint density at radius 3 is 2.64 bits per heavy atom. The first kappa shape index (κ1) is 15.7. The van der Waals surface area contributed by atoms with E-state index in [1.165, 1.54) is 14.1 Å². The summed E-state index contributed by atoms with van der Waals surface area (Å²) >= 11 is 6.13. The Morgan fingerprint density at radius 1 is 1.12 bits per heavy atom. The van der Waals surface area contributed by atoms with Crippen molar-refractivity contribution in [3.8, 4) is 11.4 Å². The highest BCUT2D eigenvalue weighted by atomic mass is 35.5. The van der Waals surface area contributed by atoms with E-state index in [0.29, 0.717) is 28.6 Å². The fourth-order valence-corrected chi connectivity index (χ4v) is 3.17. The maximum absolute atomic E-state index is 12.8. The van der Waals surface area contributed by atoms with Crippen molar-refractivity contribution in [1.82, 2.24) is 14.3 Å². The lowest BCUT2D eigenvalue weighted by Gasteiger charge is -2.16. The van der Waals surface area contributed by atoms with Crippen molar-refractivity contribution in [3.05, 3.63) is 69.6 Å². The SMILES string of the molecule is CN1C(=O)Cn2c(nn(Cc3ccccc3)c2=O)-c2cc(Cl)ccc21. The van der Waals surface area contributed by atoms with E-state index < -0.39 is 0 Å². The Hall–Kier alpha value is -2.86. The van der Waals surface area contributed by atoms with Gasteiger partial charge in [0.25, 0.3) is 0 Å². The van der Waals surface area contributed by atoms with Crippen molar-refractivity contribution < 1.29 is 4.79 Å². The third-order valence-corrected chi connectivity index (χ3v) is 4.56. The zero-order valence-corrected chi connectivity index (χ0v) is 14.3. The predicted molar refractivity (Wildman–Crippen MR) is 95.9 cm³/mol. The summed E-state index contributed by atoms with van der Waals surface area (Å²) < 4.78 is 2.79. The van der Waals surface area contributed by atoms with Crippen LogP contribution in [0, 0.1) is 0 Å². The van der Waals surface area contributed by atoms with E-state index in [9.17, 15) is 9.59 Å². The summed E-state index contributed by atoms with van der Waals surface area (Å²) in [5, 5.41) is 5.01. The van der Waals surface area contributed by atoms with Gasteiger partial charge in [0.15, 0.2) is 5.82 Å². The highest BCUT2D eigenvalue weighted by molar-refractivity contribution is 6.31. The summed E-state index contributed by atoms with van der Waals surface area (Å²) in [6.07, 6.45) is 0. The Bertz CT molecular complexity index is 1020. The fraction of sp³-hybridized carbons (Fsp3) is 0.167. The number of halogens is 1. The van der Waals surface area contributed by atoms with Gasteiger partial charge >= 0.3 is 5.69 Å². The van der Waals surface area contributed by atoms with Crippen LogP contribution >= 0.6 is 11.6 Å². The van der Waals surface area contributed by atoms with Crippen molar-refractivity contribution in [2.45, 2.75) is 13.1 Å². The number of hydrogen-bond donors (Lipinski definition) is 0. The van der Waals surface area contributed by atoms with Crippen LogP contribution in [0.25, 0.3) is 11.4 Å². The quantitative estimate of drug-likeness (QED) is 0.710. The number of carbonyl (C=O) groups excluding carboxylic acids is 1. The van der Waals surface area contributed by atoms with Gasteiger partial charge in [-0.25, -0.2) is 9.48 Å². The lowest BCUT2D eigenvalue weighted by molar-refractivity contribution is -0.118. The van der Waals surface area contributed by atoms with Crippen LogP contribution in [-0.4, -0.2) is 27.3 Å². The zero-order valence-electron chi connectivity index (χ0n) is 13.5. The molecule has 3 aromatic rings. The molecule has 0 N–H and O–H groups in total. The molecule has 1 aromatic heterocycles. The number of nitrogens with zero attached hydrogens (tertiary/aromatic N) is 4. The van der Waals surface area contributed by atoms with Crippen molar-refractivity contribution in [1.29, 1.82) is 0 Å². The Morgan fingerprint density at radius 2 is 1.88 bits per heavy atom. The summed E-state index contributed by atoms with van der Waals surface area (Å²) in [6.45, 7) is 0.297. The molecule has 126 valence electrons. The van der Waals surface area contributed by atoms with Gasteiger partial charge in [-0.05, 0) is 23.8 Å². The van der Waals surface area contributed by atoms with E-state index in [0.717, 1.165) is 5.56 Å². The molecule has 0 bridgehead atoms. The minimum absolute atomic E-state index is 0.0498. The van der Waals surface area contributed by atoms with Gasteiger partial charge in [-0.15, -0.1) is 5.10 Å². The van der Waals surface area contributed by atoms with Gasteiger partial charge in [-0.3, -0.25) is 9.36 Å². The van der Waals surface area contributed by atoms with E-state index in [4.69, 9.17) is 11.6 Å². The number of fused-ring (bicyclic) bond motifs is 3. The van der Waals surface area contributed by atoms with E-state index in [1.54, 1.807) is 25.2 Å². The standard InChI is InChI=1S/C18H15ClN4O2/c1-21-15-8-7-13(19)9-14(15)17-20-23(10-12-5-3-2-4-6-12)18(25)22(17)11-16(21)24/h2-9H,10-11H2,1H3. The van der Waals surface area contributed by atoms with Crippen LogP contribution in [0.2, 0.25) is 5.02 Å². The molecule has 0 atom stereocenters. The van der Waals surface area contributed by atoms with Crippen molar-refractivity contribution in [3.63, 3.8) is 0 Å². The Labute approximate surface area is 148 Å². The molecule has 2 aromatic carbocycles. The second kappa shape index (κ2) is 5.89. The zero-order chi connectivity index (χ0) is 17.6. The molecule has 2 heterocycles. The van der Waals surface area contributed by atoms with Crippen LogP contribution in [0.3, 0.4) is 0 Å². The number of likely N-dealkylation sites (N-methyl/N-ethyl adjacent to an activating group) is 1. The van der Waals surface area contributed by atoms with Gasteiger partial charge in [0.2, 0.25) is 5.91 Å². The summed E-state index contributed by atoms with van der Waals surface area (Å²) in [7, 11) is 1.68. The highest BCUT2D eigenvalue weighted by Gasteiger charge is 2.27. The van der Waals surface area contributed by atoms with Gasteiger partial charge in [0.1, 0.15) is 6.54 Å². The van der Waals surface area contributed by atoms with Gasteiger partial charge in [-0.2, -0.15) is 0 Å². The topological polar surface area (TPSA) is 60.1 Å². The molecule has 1 aliphatic heterocycles. The molecule has 6 nitrogen and oxygen atoms in total. The minimum atomic E-state index is -0.312. The number of carbonyl (C=O) groups is 1. The van der Waals surface area contributed by atoms with Crippen LogP contribution in [-0.2, 0) is 17.9 Å². The Kier molecular flexibility index (Phi) is 3.69. The van der Waals surface area contributed by atoms with Crippen LogP contribution in [0.1, 0.15) is 5.56 Å². The second-order valence-electron chi connectivity index (χ2n) is 5.95. The summed E-state index contributed by atoms with van der Waals surface area (Å²) in [6, 6.07) is 14.8. The molecule has 0 unspecified atom stereocenters. The largest absolute Gasteiger partial charge is 0.347 e. The van der Waals surface area contributed by atoms with Gasteiger partial charge in [-0.1, -0.05) is 41.9 Å². The first-order chi connectivity index (χ1) is 12.0. The molecular formula is C18H15ClN4O2. The molecule has 4 rings (SSSR count). The first-order valence-corrected chi connectivity index (χ1v) is 8.20. The lowest BCUT2D eigenvalue weighted by Crippen LogP contribution is -2.33. The molecule has 0 radical (unpaired) electrons. The number of rotatable bonds is 2. The molecule has 7 heteroatoms. The number of hydrogen-bond acceptors (Lipinski definition) is 3. The number of aromatic nitrogens is 3. The highest BCUT2D eigenvalue weighted by Crippen LogP contribution is 2.33. The lowest BCUT2D eigenvalue weighted by atomic mass is 10.1. The third-order valence-electron chi connectivity index (χ3n) is 4.33. The van der Waals surface area contributed by atoms with Crippen molar-refractivity contribution >= 4 is 23.2 Å². The molecule has 0 aliphatic carbocycles. The molecule has 0 saturated carbocycles. The summed E-state index contributed by atoms with van der Waals surface area (Å²) in [5.41, 5.74) is 2.01. The maximum Gasteiger partial charge on any atom is 0.347 e. The minimum Gasteiger partial charge on any atom is -0.313 e. The van der Waals surface area contributed by atoms with E-state index in [1.807, 2.05) is 30.3 Å². The van der Waals surface area contributed by atoms with E-state index in [2.05, 4.69) is 5.10 Å². The molecule has 1 aliphatic rings. The number of benzene rings is 2. The molecule has 0 spiro atoms. The second-order valence-corrected chi connectivity index (χ2v) is 6.39. The molecule has 25 heavy (non-hydrogen) atoms. The van der Waals surface area contributed by atoms with Crippen LogP contribution in [0.4, 0.5) is 5.69 Å². The van der Waals surface area contributed by atoms with Crippen LogP contribution in [0.5, 0.6) is 0 Å². The summed E-state index contributed by atoms with van der Waals surface area (Å²) in [5.74, 6) is 0.278. The molecule has 1 amide bonds. The summed E-state index contributed by atoms with van der Waals surface area (Å²) in [4.78, 5) is 26.7. The molecular weight excluding hydrogens is 340 g/mol. The number of amides is 1. The van der Waals surface area contributed by atoms with Crippen LogP contribution in [0.15, 0.2) is 53.3 Å². The van der Waals surface area contributed by atoms with E-state index >= 15 is 0 Å². The first-order valence-electron chi connectivity index (χ1n) is 7.82. The van der Waals surface area contributed by atoms with Crippen molar-refractivity contribution in [2.75, 3.05) is 11.9 Å². The molecule has 0 saturated heterocycles. The Balaban J connectivity index is 1.89. The maximum atomic E-state index is 12.8. The molecule has 0 fully saturated rings. The third kappa shape index (κ3) is 2.64.